The summed E-state index contributed by atoms with van der Waals surface area (Å²) in [5, 5.41) is 11.1. The molecule has 1 saturated carbocycles. The van der Waals surface area contributed by atoms with E-state index in [0.29, 0.717) is 62.2 Å². The van der Waals surface area contributed by atoms with Crippen molar-refractivity contribution in [3.63, 3.8) is 0 Å². The Morgan fingerprint density at radius 3 is 2.33 bits per heavy atom. The molecule has 1 aliphatic rings. The highest BCUT2D eigenvalue weighted by molar-refractivity contribution is 7.19. The van der Waals surface area contributed by atoms with Crippen LogP contribution in [0, 0.1) is 30.6 Å². The van der Waals surface area contributed by atoms with Crippen molar-refractivity contribution in [2.45, 2.75) is 34.1 Å². The molecule has 2 aromatic carbocycles. The zero-order valence-electron chi connectivity index (χ0n) is 24.8. The number of amides is 1. The van der Waals surface area contributed by atoms with Gasteiger partial charge in [-0.15, -0.1) is 0 Å². The van der Waals surface area contributed by atoms with Gasteiger partial charge < -0.3 is 35.1 Å². The van der Waals surface area contributed by atoms with Crippen LogP contribution in [0.15, 0.2) is 34.9 Å². The number of nitrogens with one attached hydrogen (secondary N) is 2. The molecule has 2 heterocycles. The summed E-state index contributed by atoms with van der Waals surface area (Å²) in [6, 6.07) is 9.25. The molecule has 42 heavy (non-hydrogen) atoms. The van der Waals surface area contributed by atoms with Crippen molar-refractivity contribution in [2.24, 2.45) is 23.7 Å². The lowest BCUT2D eigenvalue weighted by Crippen LogP contribution is -2.25. The Kier molecular flexibility index (Phi) is 8.26. The topological polar surface area (TPSA) is 147 Å². The summed E-state index contributed by atoms with van der Waals surface area (Å²) in [5.41, 5.74) is 9.31. The number of carbonyl (C=O) groups is 1. The molecule has 0 spiro atoms. The van der Waals surface area contributed by atoms with Crippen LogP contribution in [0.25, 0.3) is 22.2 Å². The summed E-state index contributed by atoms with van der Waals surface area (Å²) in [5.74, 6) is 3.79. The molecule has 222 valence electrons. The Labute approximate surface area is 248 Å². The molecule has 1 fully saturated rings. The number of methoxy groups -OCH3 is 3. The maximum atomic E-state index is 13.1. The summed E-state index contributed by atoms with van der Waals surface area (Å²) in [4.78, 5) is 22.7. The van der Waals surface area contributed by atoms with Crippen molar-refractivity contribution >= 4 is 39.6 Å². The number of hydrogen-bond donors (Lipinski definition) is 3. The van der Waals surface area contributed by atoms with Crippen LogP contribution in [0.2, 0.25) is 0 Å². The summed E-state index contributed by atoms with van der Waals surface area (Å²) in [6.45, 7) is 8.56. The van der Waals surface area contributed by atoms with Gasteiger partial charge in [-0.05, 0) is 48.8 Å². The molecule has 4 N–H and O–H groups in total. The van der Waals surface area contributed by atoms with E-state index in [1.807, 2.05) is 25.1 Å². The highest BCUT2D eigenvalue weighted by Crippen LogP contribution is 2.43. The number of thiazole rings is 1. The second-order valence-corrected chi connectivity index (χ2v) is 11.8. The second kappa shape index (κ2) is 11.9. The number of nitrogens with zero attached hydrogens (tertiary/aromatic N) is 3. The Bertz CT molecular complexity index is 1580. The van der Waals surface area contributed by atoms with Crippen LogP contribution >= 0.6 is 11.3 Å². The van der Waals surface area contributed by atoms with Crippen LogP contribution in [0.5, 0.6) is 17.2 Å². The fraction of sp³-hybridized carbons (Fsp3) is 0.400. The lowest BCUT2D eigenvalue weighted by molar-refractivity contribution is -0.120. The number of carbonyl (C=O) groups excluding carboxylic acids is 1. The third kappa shape index (κ3) is 5.58. The van der Waals surface area contributed by atoms with Gasteiger partial charge in [-0.25, -0.2) is 4.98 Å². The number of rotatable bonds is 9. The molecule has 0 radical (unpaired) electrons. The molecule has 11 nitrogen and oxygen atoms in total. The fourth-order valence-corrected chi connectivity index (χ4v) is 6.30. The molecule has 2 aromatic heterocycles. The van der Waals surface area contributed by atoms with Gasteiger partial charge in [-0.3, -0.25) is 4.79 Å². The minimum atomic E-state index is -0.00581. The lowest BCUT2D eigenvalue weighted by Gasteiger charge is -2.18. The minimum absolute atomic E-state index is 0.00581. The summed E-state index contributed by atoms with van der Waals surface area (Å²) in [6.07, 6.45) is 0.897. The zero-order valence-corrected chi connectivity index (χ0v) is 25.6. The first-order valence-corrected chi connectivity index (χ1v) is 14.5. The number of benzene rings is 2. The summed E-state index contributed by atoms with van der Waals surface area (Å²) < 4.78 is 21.9. The van der Waals surface area contributed by atoms with Gasteiger partial charge in [0, 0.05) is 35.0 Å². The normalized spacial score (nSPS) is 19.9. The first kappa shape index (κ1) is 29.2. The van der Waals surface area contributed by atoms with Crippen molar-refractivity contribution in [3.8, 4) is 39.4 Å². The molecule has 1 aliphatic carbocycles. The Hall–Kier alpha value is -4.32. The quantitative estimate of drug-likeness (QED) is 0.200. The molecule has 0 bridgehead atoms. The minimum Gasteiger partial charge on any atom is -0.493 e. The summed E-state index contributed by atoms with van der Waals surface area (Å²) >= 11 is 1.27. The van der Waals surface area contributed by atoms with E-state index in [4.69, 9.17) is 24.5 Å². The van der Waals surface area contributed by atoms with E-state index in [1.54, 1.807) is 33.5 Å². The second-order valence-electron chi connectivity index (χ2n) is 10.8. The van der Waals surface area contributed by atoms with Crippen molar-refractivity contribution in [3.05, 3.63) is 35.9 Å². The van der Waals surface area contributed by atoms with Crippen molar-refractivity contribution in [2.75, 3.05) is 37.7 Å². The third-order valence-corrected chi connectivity index (χ3v) is 9.23. The van der Waals surface area contributed by atoms with E-state index >= 15 is 0 Å². The molecule has 4 atom stereocenters. The Morgan fingerprint density at radius 1 is 1.00 bits per heavy atom. The predicted octanol–water partition coefficient (Wildman–Crippen LogP) is 6.39. The standard InChI is InChI=1S/C30H36N6O5S/c1-14-8-9-18(32-28(37)21-10-15(2)16(3)17(21)4)11-20(14)27-35-29(41-36-27)25-26(31)34-30(42-25)33-19-12-22(38-5)24(40-7)23(13-19)39-6/h8-9,11-13,15-17,21H,10,31H2,1-7H3,(H,32,37)(H,33,34). The first-order chi connectivity index (χ1) is 20.1. The van der Waals surface area contributed by atoms with Crippen LogP contribution in [-0.2, 0) is 4.79 Å². The van der Waals surface area contributed by atoms with Gasteiger partial charge in [-0.1, -0.05) is 43.3 Å². The van der Waals surface area contributed by atoms with Crippen molar-refractivity contribution < 1.29 is 23.5 Å². The number of hydrogen-bond acceptors (Lipinski definition) is 11. The predicted molar refractivity (Wildman–Crippen MR) is 164 cm³/mol. The van der Waals surface area contributed by atoms with Gasteiger partial charge in [-0.2, -0.15) is 4.98 Å². The number of aromatic nitrogens is 3. The first-order valence-electron chi connectivity index (χ1n) is 13.7. The van der Waals surface area contributed by atoms with Crippen LogP contribution in [0.1, 0.15) is 32.8 Å². The number of aryl methyl sites for hydroxylation is 1. The van der Waals surface area contributed by atoms with Crippen LogP contribution in [0.3, 0.4) is 0 Å². The SMILES string of the molecule is COc1cc(Nc2nc(N)c(-c3nc(-c4cc(NC(=O)C5CC(C)C(C)C5C)ccc4C)no3)s2)cc(OC)c1OC. The van der Waals surface area contributed by atoms with E-state index in [9.17, 15) is 4.79 Å². The number of anilines is 4. The van der Waals surface area contributed by atoms with Gasteiger partial charge >= 0.3 is 0 Å². The molecule has 4 unspecified atom stereocenters. The zero-order chi connectivity index (χ0) is 30.1. The molecular weight excluding hydrogens is 556 g/mol. The molecule has 12 heteroatoms. The van der Waals surface area contributed by atoms with Crippen LogP contribution in [0.4, 0.5) is 22.3 Å². The number of nitrogens with two attached hydrogens (primary N) is 1. The van der Waals surface area contributed by atoms with E-state index in [2.05, 4.69) is 46.5 Å². The van der Waals surface area contributed by atoms with E-state index in [1.165, 1.54) is 11.3 Å². The third-order valence-electron chi connectivity index (χ3n) is 8.26. The maximum Gasteiger partial charge on any atom is 0.272 e. The molecule has 0 aliphatic heterocycles. The lowest BCUT2D eigenvalue weighted by atomic mass is 9.90. The van der Waals surface area contributed by atoms with Gasteiger partial charge in [0.2, 0.25) is 17.5 Å². The largest absolute Gasteiger partial charge is 0.493 e. The van der Waals surface area contributed by atoms with E-state index in [-0.39, 0.29) is 23.5 Å². The molecular formula is C30H36N6O5S. The number of ether oxygens (including phenoxy) is 3. The van der Waals surface area contributed by atoms with Gasteiger partial charge in [0.1, 0.15) is 10.7 Å². The van der Waals surface area contributed by atoms with Crippen LogP contribution < -0.4 is 30.6 Å². The van der Waals surface area contributed by atoms with E-state index in [0.717, 1.165) is 17.5 Å². The molecule has 0 saturated heterocycles. The fourth-order valence-electron chi connectivity index (χ4n) is 5.48. The van der Waals surface area contributed by atoms with Crippen LogP contribution in [-0.4, -0.2) is 42.4 Å². The van der Waals surface area contributed by atoms with Crippen molar-refractivity contribution in [1.82, 2.24) is 15.1 Å². The van der Waals surface area contributed by atoms with Gasteiger partial charge in [0.05, 0.1) is 21.3 Å². The highest BCUT2D eigenvalue weighted by atomic mass is 32.1. The Morgan fingerprint density at radius 2 is 1.71 bits per heavy atom. The molecule has 1 amide bonds. The average molecular weight is 593 g/mol. The van der Waals surface area contributed by atoms with Crippen molar-refractivity contribution in [1.29, 1.82) is 0 Å². The molecule has 4 aromatic rings. The smallest absolute Gasteiger partial charge is 0.272 e. The monoisotopic (exact) mass is 592 g/mol. The number of nitrogen functional groups attached to an aromatic ring is 1. The summed E-state index contributed by atoms with van der Waals surface area (Å²) in [7, 11) is 4.65. The maximum absolute atomic E-state index is 13.1. The van der Waals surface area contributed by atoms with E-state index < -0.39 is 0 Å². The highest BCUT2D eigenvalue weighted by Gasteiger charge is 2.39. The Balaban J connectivity index is 1.35. The molecule has 5 rings (SSSR count). The average Bonchev–Trinajstić information content (AvgIpc) is 3.67. The van der Waals surface area contributed by atoms with Gasteiger partial charge in [0.25, 0.3) is 5.89 Å². The van der Waals surface area contributed by atoms with Gasteiger partial charge in [0.15, 0.2) is 16.6 Å².